The molecule has 5 N–H and O–H groups in total. The lowest BCUT2D eigenvalue weighted by Crippen LogP contribution is -2.18. The third-order valence-corrected chi connectivity index (χ3v) is 5.74. The number of carbonyl (C=O) groups excluding carboxylic acids is 2. The molecule has 2 amide bonds. The van der Waals surface area contributed by atoms with Gasteiger partial charge < -0.3 is 16.8 Å². The zero-order chi connectivity index (χ0) is 25.3. The van der Waals surface area contributed by atoms with Crippen molar-refractivity contribution >= 4 is 29.0 Å². The number of halogens is 3. The number of nitrogens with one attached hydrogen (secondary N) is 1. The summed E-state index contributed by atoms with van der Waals surface area (Å²) < 4.78 is 38.9. The number of aryl methyl sites for hydroxylation is 1. The number of nitrogens with two attached hydrogens (primary N) is 2. The lowest BCUT2D eigenvalue weighted by molar-refractivity contribution is -0.137. The maximum Gasteiger partial charge on any atom is 0.416 e. The van der Waals surface area contributed by atoms with Crippen LogP contribution in [0.25, 0.3) is 11.1 Å². The molecule has 0 saturated heterocycles. The van der Waals surface area contributed by atoms with Crippen LogP contribution in [-0.4, -0.2) is 17.6 Å². The molecule has 35 heavy (non-hydrogen) atoms. The first-order valence-corrected chi connectivity index (χ1v) is 10.9. The Morgan fingerprint density at radius 3 is 2.43 bits per heavy atom. The van der Waals surface area contributed by atoms with Gasteiger partial charge in [0.05, 0.1) is 5.56 Å². The minimum Gasteiger partial charge on any atom is -0.398 e. The lowest BCUT2D eigenvalue weighted by Gasteiger charge is -2.13. The highest BCUT2D eigenvalue weighted by molar-refractivity contribution is 6.08. The molecule has 1 aliphatic carbocycles. The third-order valence-electron chi connectivity index (χ3n) is 5.74. The van der Waals surface area contributed by atoms with Gasteiger partial charge in [0.1, 0.15) is 5.84 Å². The Kier molecular flexibility index (Phi) is 6.34. The number of hydrogen-bond donors (Lipinski definition) is 3. The molecular weight excluding hydrogens is 457 g/mol. The van der Waals surface area contributed by atoms with Gasteiger partial charge >= 0.3 is 6.18 Å². The summed E-state index contributed by atoms with van der Waals surface area (Å²) in [7, 11) is 0. The molecule has 3 aromatic rings. The highest BCUT2D eigenvalue weighted by atomic mass is 19.4. The van der Waals surface area contributed by atoms with Crippen LogP contribution < -0.4 is 16.8 Å². The number of nitrogens with zero attached hydrogens (tertiary/aromatic N) is 1. The normalized spacial score (nSPS) is 14.0. The third kappa shape index (κ3) is 5.51. The number of aliphatic imine (C=N–C) groups is 1. The average molecular weight is 480 g/mol. The molecule has 0 atom stereocenters. The largest absolute Gasteiger partial charge is 0.416 e. The van der Waals surface area contributed by atoms with Gasteiger partial charge in [-0.1, -0.05) is 18.2 Å². The summed E-state index contributed by atoms with van der Waals surface area (Å²) in [5.41, 5.74) is 14.7. The fourth-order valence-corrected chi connectivity index (χ4v) is 3.61. The number of benzene rings is 3. The Hall–Kier alpha value is -4.14. The first kappa shape index (κ1) is 24.0. The fraction of sp³-hybridized carbons (Fsp3) is 0.192. The van der Waals surface area contributed by atoms with Crippen LogP contribution in [0.5, 0.6) is 0 Å². The van der Waals surface area contributed by atoms with E-state index in [9.17, 15) is 22.8 Å². The van der Waals surface area contributed by atoms with Gasteiger partial charge in [-0.05, 0) is 78.9 Å². The average Bonchev–Trinajstić information content (AvgIpc) is 3.64. The number of hydrogen-bond acceptors (Lipinski definition) is 3. The summed E-state index contributed by atoms with van der Waals surface area (Å²) in [6.07, 6.45) is -2.87. The van der Waals surface area contributed by atoms with Crippen LogP contribution in [0.15, 0.2) is 65.7 Å². The monoisotopic (exact) mass is 480 g/mol. The number of amidine groups is 1. The van der Waals surface area contributed by atoms with E-state index in [1.807, 2.05) is 6.92 Å². The van der Waals surface area contributed by atoms with E-state index in [1.165, 1.54) is 12.1 Å². The minimum absolute atomic E-state index is 0.0380. The second-order valence-corrected chi connectivity index (χ2v) is 8.47. The van der Waals surface area contributed by atoms with E-state index in [0.717, 1.165) is 30.5 Å². The lowest BCUT2D eigenvalue weighted by atomic mass is 9.96. The maximum absolute atomic E-state index is 13.0. The maximum atomic E-state index is 13.0. The van der Waals surface area contributed by atoms with E-state index in [1.54, 1.807) is 36.4 Å². The van der Waals surface area contributed by atoms with Gasteiger partial charge in [-0.2, -0.15) is 18.2 Å². The van der Waals surface area contributed by atoms with E-state index in [-0.39, 0.29) is 28.9 Å². The molecule has 3 aromatic carbocycles. The number of amides is 2. The highest BCUT2D eigenvalue weighted by Crippen LogP contribution is 2.32. The van der Waals surface area contributed by atoms with Gasteiger partial charge in [0, 0.05) is 28.4 Å². The number of anilines is 2. The molecule has 0 spiro atoms. The second-order valence-electron chi connectivity index (χ2n) is 8.47. The smallest absolute Gasteiger partial charge is 0.398 e. The Bertz CT molecular complexity index is 1340. The fourth-order valence-electron chi connectivity index (χ4n) is 3.61. The molecule has 9 heteroatoms. The molecule has 1 fully saturated rings. The molecule has 0 aliphatic heterocycles. The van der Waals surface area contributed by atoms with E-state index < -0.39 is 17.6 Å². The topological polar surface area (TPSA) is 111 Å². The van der Waals surface area contributed by atoms with Crippen molar-refractivity contribution in [2.24, 2.45) is 16.6 Å². The first-order valence-electron chi connectivity index (χ1n) is 10.9. The number of rotatable bonds is 5. The van der Waals surface area contributed by atoms with Crippen molar-refractivity contribution in [2.45, 2.75) is 25.9 Å². The van der Waals surface area contributed by atoms with Gasteiger partial charge in [-0.15, -0.1) is 0 Å². The summed E-state index contributed by atoms with van der Waals surface area (Å²) in [6, 6.07) is 14.5. The Labute approximate surface area is 199 Å². The summed E-state index contributed by atoms with van der Waals surface area (Å²) in [5, 5.41) is 2.51. The molecule has 0 bridgehead atoms. The molecule has 4 rings (SSSR count). The predicted molar refractivity (Wildman–Crippen MR) is 129 cm³/mol. The number of nitrogen functional groups attached to an aromatic ring is 1. The number of carbonyl (C=O) groups is 2. The molecule has 1 saturated carbocycles. The predicted octanol–water partition coefficient (Wildman–Crippen LogP) is 5.16. The highest BCUT2D eigenvalue weighted by Gasteiger charge is 2.31. The SMILES string of the molecule is Cc1ccc(C(=O)Nc2cccc(C(F)(F)F)c2)cc1-c1ccc(C(N)=NC(=O)C2CC2)c(N)c1. The number of alkyl halides is 3. The molecule has 0 aromatic heterocycles. The molecular formula is C26H23F3N4O2. The summed E-state index contributed by atoms with van der Waals surface area (Å²) >= 11 is 0. The van der Waals surface area contributed by atoms with E-state index in [2.05, 4.69) is 10.3 Å². The van der Waals surface area contributed by atoms with Crippen LogP contribution in [0.3, 0.4) is 0 Å². The van der Waals surface area contributed by atoms with Crippen molar-refractivity contribution in [3.63, 3.8) is 0 Å². The quantitative estimate of drug-likeness (QED) is 0.266. The van der Waals surface area contributed by atoms with E-state index >= 15 is 0 Å². The van der Waals surface area contributed by atoms with Crippen molar-refractivity contribution in [2.75, 3.05) is 11.1 Å². The van der Waals surface area contributed by atoms with Crippen LogP contribution in [0.1, 0.15) is 39.9 Å². The van der Waals surface area contributed by atoms with Crippen LogP contribution in [0.2, 0.25) is 0 Å². The van der Waals surface area contributed by atoms with E-state index in [4.69, 9.17) is 11.5 Å². The van der Waals surface area contributed by atoms with Crippen molar-refractivity contribution in [3.05, 3.63) is 82.9 Å². The van der Waals surface area contributed by atoms with Gasteiger partial charge in [0.2, 0.25) is 0 Å². The molecule has 180 valence electrons. The minimum atomic E-state index is -4.51. The standard InChI is InChI=1S/C26H23F3N4O2/c1-14-5-6-17(25(35)32-19-4-2-3-18(13-19)26(27,28)29)11-21(14)16-9-10-20(22(30)12-16)23(31)33-24(34)15-7-8-15/h2-6,9-13,15H,7-8,30H2,1H3,(H,32,35)(H2,31,33,34). The summed E-state index contributed by atoms with van der Waals surface area (Å²) in [5.74, 6) is -0.801. The van der Waals surface area contributed by atoms with Crippen LogP contribution >= 0.6 is 0 Å². The molecule has 0 radical (unpaired) electrons. The second kappa shape index (κ2) is 9.25. The van der Waals surface area contributed by atoms with Crippen LogP contribution in [0, 0.1) is 12.8 Å². The molecule has 0 heterocycles. The van der Waals surface area contributed by atoms with Crippen LogP contribution in [0.4, 0.5) is 24.5 Å². The van der Waals surface area contributed by atoms with E-state index in [0.29, 0.717) is 22.4 Å². The van der Waals surface area contributed by atoms with Gasteiger partial charge in [-0.3, -0.25) is 9.59 Å². The summed E-state index contributed by atoms with van der Waals surface area (Å²) in [6.45, 7) is 1.86. The molecule has 6 nitrogen and oxygen atoms in total. The van der Waals surface area contributed by atoms with Crippen LogP contribution in [-0.2, 0) is 11.0 Å². The Balaban J connectivity index is 1.58. The molecule has 1 aliphatic rings. The van der Waals surface area contributed by atoms with Crippen molar-refractivity contribution < 1.29 is 22.8 Å². The zero-order valence-corrected chi connectivity index (χ0v) is 18.8. The summed E-state index contributed by atoms with van der Waals surface area (Å²) in [4.78, 5) is 28.6. The van der Waals surface area contributed by atoms with Gasteiger partial charge in [0.25, 0.3) is 11.8 Å². The Morgan fingerprint density at radius 2 is 1.77 bits per heavy atom. The van der Waals surface area contributed by atoms with Gasteiger partial charge in [0.15, 0.2) is 0 Å². The van der Waals surface area contributed by atoms with Crippen molar-refractivity contribution in [1.82, 2.24) is 0 Å². The first-order chi connectivity index (χ1) is 16.5. The zero-order valence-electron chi connectivity index (χ0n) is 18.8. The van der Waals surface area contributed by atoms with Gasteiger partial charge in [-0.25, -0.2) is 0 Å². The molecule has 0 unspecified atom stereocenters. The Morgan fingerprint density at radius 1 is 1.03 bits per heavy atom. The van der Waals surface area contributed by atoms with Crippen molar-refractivity contribution in [1.29, 1.82) is 0 Å². The van der Waals surface area contributed by atoms with Crippen molar-refractivity contribution in [3.8, 4) is 11.1 Å².